The number of hydrogen-bond acceptors (Lipinski definition) is 3. The molecule has 21 heavy (non-hydrogen) atoms. The summed E-state index contributed by atoms with van der Waals surface area (Å²) in [5.41, 5.74) is 6.70. The van der Waals surface area contributed by atoms with Crippen LogP contribution in [0.25, 0.3) is 0 Å². The molecule has 1 atom stereocenters. The molecule has 0 radical (unpaired) electrons. The van der Waals surface area contributed by atoms with Crippen molar-refractivity contribution in [2.75, 3.05) is 12.4 Å². The highest BCUT2D eigenvalue weighted by atomic mass is 35.5. The molecule has 0 fully saturated rings. The fourth-order valence-electron chi connectivity index (χ4n) is 1.97. The number of anilines is 1. The molecule has 0 saturated carbocycles. The summed E-state index contributed by atoms with van der Waals surface area (Å²) in [6.07, 6.45) is 0. The van der Waals surface area contributed by atoms with Gasteiger partial charge < -0.3 is 15.8 Å². The third-order valence-electron chi connectivity index (χ3n) is 2.96. The van der Waals surface area contributed by atoms with E-state index >= 15 is 0 Å². The van der Waals surface area contributed by atoms with E-state index in [0.717, 1.165) is 0 Å². The van der Waals surface area contributed by atoms with E-state index in [1.165, 1.54) is 7.11 Å². The van der Waals surface area contributed by atoms with Gasteiger partial charge in [-0.1, -0.05) is 29.3 Å². The fourth-order valence-corrected chi connectivity index (χ4v) is 2.37. The fraction of sp³-hybridized carbons (Fsp3) is 0.133. The average Bonchev–Trinajstić information content (AvgIpc) is 2.46. The Kier molecular flexibility index (Phi) is 4.94. The van der Waals surface area contributed by atoms with Crippen LogP contribution in [0.2, 0.25) is 10.0 Å². The SMILES string of the molecule is COc1cccc(Cl)c1C(Nc1ccc(Cl)cc1)C(N)=O. The summed E-state index contributed by atoms with van der Waals surface area (Å²) in [4.78, 5) is 11.8. The normalized spacial score (nSPS) is 11.8. The number of carbonyl (C=O) groups excluding carboxylic acids is 1. The minimum Gasteiger partial charge on any atom is -0.496 e. The van der Waals surface area contributed by atoms with E-state index in [0.29, 0.717) is 27.0 Å². The van der Waals surface area contributed by atoms with E-state index in [4.69, 9.17) is 33.7 Å². The van der Waals surface area contributed by atoms with Crippen molar-refractivity contribution in [2.45, 2.75) is 6.04 Å². The Balaban J connectivity index is 2.40. The minimum atomic E-state index is -0.810. The molecule has 4 nitrogen and oxygen atoms in total. The number of carbonyl (C=O) groups is 1. The number of halogens is 2. The molecular weight excluding hydrogens is 311 g/mol. The summed E-state index contributed by atoms with van der Waals surface area (Å²) in [5.74, 6) is -0.0656. The molecule has 0 spiro atoms. The maximum atomic E-state index is 11.8. The standard InChI is InChI=1S/C15H14Cl2N2O2/c1-21-12-4-2-3-11(17)13(12)14(15(18)20)19-10-7-5-9(16)6-8-10/h2-8,14,19H,1H3,(H2,18,20). The Morgan fingerprint density at radius 1 is 1.19 bits per heavy atom. The Hall–Kier alpha value is -1.91. The van der Waals surface area contributed by atoms with Crippen molar-refractivity contribution in [3.05, 3.63) is 58.1 Å². The molecule has 0 aliphatic rings. The lowest BCUT2D eigenvalue weighted by atomic mass is 10.0. The van der Waals surface area contributed by atoms with Gasteiger partial charge in [0.2, 0.25) is 5.91 Å². The molecule has 0 heterocycles. The number of primary amides is 1. The number of rotatable bonds is 5. The summed E-state index contributed by atoms with van der Waals surface area (Å²) in [7, 11) is 1.51. The quantitative estimate of drug-likeness (QED) is 0.882. The number of ether oxygens (including phenoxy) is 1. The largest absolute Gasteiger partial charge is 0.496 e. The third-order valence-corrected chi connectivity index (χ3v) is 3.54. The Bertz CT molecular complexity index is 645. The van der Waals surface area contributed by atoms with Crippen LogP contribution >= 0.6 is 23.2 Å². The molecule has 6 heteroatoms. The van der Waals surface area contributed by atoms with Crippen molar-refractivity contribution in [2.24, 2.45) is 5.73 Å². The molecule has 3 N–H and O–H groups in total. The number of methoxy groups -OCH3 is 1. The first-order chi connectivity index (χ1) is 10.0. The van der Waals surface area contributed by atoms with E-state index in [-0.39, 0.29) is 0 Å². The van der Waals surface area contributed by atoms with Gasteiger partial charge in [0.1, 0.15) is 11.8 Å². The van der Waals surface area contributed by atoms with Crippen LogP contribution in [0.5, 0.6) is 5.75 Å². The topological polar surface area (TPSA) is 64.3 Å². The van der Waals surface area contributed by atoms with Gasteiger partial charge in [-0.25, -0.2) is 0 Å². The highest BCUT2D eigenvalue weighted by molar-refractivity contribution is 6.32. The lowest BCUT2D eigenvalue weighted by Gasteiger charge is -2.20. The van der Waals surface area contributed by atoms with E-state index < -0.39 is 11.9 Å². The summed E-state index contributed by atoms with van der Waals surface area (Å²) < 4.78 is 5.26. The summed E-state index contributed by atoms with van der Waals surface area (Å²) in [5, 5.41) is 4.05. The zero-order valence-electron chi connectivity index (χ0n) is 11.3. The zero-order chi connectivity index (χ0) is 15.4. The minimum absolute atomic E-state index is 0.402. The molecule has 0 bridgehead atoms. The highest BCUT2D eigenvalue weighted by Gasteiger charge is 2.24. The molecule has 110 valence electrons. The number of amides is 1. The van der Waals surface area contributed by atoms with Crippen LogP contribution in [0.15, 0.2) is 42.5 Å². The molecule has 0 aliphatic carbocycles. The van der Waals surface area contributed by atoms with E-state index in [1.807, 2.05) is 0 Å². The van der Waals surface area contributed by atoms with Gasteiger partial charge in [-0.15, -0.1) is 0 Å². The zero-order valence-corrected chi connectivity index (χ0v) is 12.8. The molecule has 0 aromatic heterocycles. The smallest absolute Gasteiger partial charge is 0.244 e. The highest BCUT2D eigenvalue weighted by Crippen LogP contribution is 2.34. The van der Waals surface area contributed by atoms with Crippen molar-refractivity contribution in [1.29, 1.82) is 0 Å². The van der Waals surface area contributed by atoms with Crippen LogP contribution in [0.1, 0.15) is 11.6 Å². The van der Waals surface area contributed by atoms with Gasteiger partial charge in [0.05, 0.1) is 12.1 Å². The number of benzene rings is 2. The van der Waals surface area contributed by atoms with Gasteiger partial charge in [-0.2, -0.15) is 0 Å². The lowest BCUT2D eigenvalue weighted by Crippen LogP contribution is -2.28. The predicted molar refractivity (Wildman–Crippen MR) is 85.0 cm³/mol. The molecular formula is C15H14Cl2N2O2. The summed E-state index contributed by atoms with van der Waals surface area (Å²) in [6.45, 7) is 0. The third kappa shape index (κ3) is 3.60. The van der Waals surface area contributed by atoms with Crippen LogP contribution in [0.3, 0.4) is 0 Å². The van der Waals surface area contributed by atoms with Gasteiger partial charge in [0.15, 0.2) is 0 Å². The second kappa shape index (κ2) is 6.70. The Morgan fingerprint density at radius 2 is 1.86 bits per heavy atom. The molecule has 1 unspecified atom stereocenters. The van der Waals surface area contributed by atoms with E-state index in [2.05, 4.69) is 5.32 Å². The molecule has 2 aromatic rings. The molecule has 0 aliphatic heterocycles. The van der Waals surface area contributed by atoms with Crippen LogP contribution < -0.4 is 15.8 Å². The second-order valence-corrected chi connectivity index (χ2v) is 5.19. The monoisotopic (exact) mass is 324 g/mol. The van der Waals surface area contributed by atoms with Crippen molar-refractivity contribution < 1.29 is 9.53 Å². The summed E-state index contributed by atoms with van der Waals surface area (Å²) >= 11 is 12.0. The number of nitrogens with one attached hydrogen (secondary N) is 1. The van der Waals surface area contributed by atoms with Crippen molar-refractivity contribution in [1.82, 2.24) is 0 Å². The second-order valence-electron chi connectivity index (χ2n) is 4.34. The number of nitrogens with two attached hydrogens (primary N) is 1. The maximum Gasteiger partial charge on any atom is 0.244 e. The van der Waals surface area contributed by atoms with Crippen LogP contribution in [0, 0.1) is 0 Å². The molecule has 1 amide bonds. The number of hydrogen-bond donors (Lipinski definition) is 2. The van der Waals surface area contributed by atoms with E-state index in [9.17, 15) is 4.79 Å². The Labute approximate surface area is 132 Å². The van der Waals surface area contributed by atoms with Crippen LogP contribution in [-0.2, 0) is 4.79 Å². The first-order valence-electron chi connectivity index (χ1n) is 6.16. The van der Waals surface area contributed by atoms with Crippen molar-refractivity contribution in [3.8, 4) is 5.75 Å². The van der Waals surface area contributed by atoms with Crippen LogP contribution in [-0.4, -0.2) is 13.0 Å². The van der Waals surface area contributed by atoms with Gasteiger partial charge in [-0.3, -0.25) is 4.79 Å². The molecule has 0 saturated heterocycles. The average molecular weight is 325 g/mol. The van der Waals surface area contributed by atoms with Gasteiger partial charge in [0.25, 0.3) is 0 Å². The van der Waals surface area contributed by atoms with Crippen molar-refractivity contribution in [3.63, 3.8) is 0 Å². The molecule has 2 aromatic carbocycles. The summed E-state index contributed by atoms with van der Waals surface area (Å²) in [6, 6.07) is 11.3. The predicted octanol–water partition coefficient (Wildman–Crippen LogP) is 3.64. The first-order valence-corrected chi connectivity index (χ1v) is 6.92. The van der Waals surface area contributed by atoms with E-state index in [1.54, 1.807) is 42.5 Å². The van der Waals surface area contributed by atoms with Crippen LogP contribution in [0.4, 0.5) is 5.69 Å². The van der Waals surface area contributed by atoms with Gasteiger partial charge in [-0.05, 0) is 36.4 Å². The first kappa shape index (κ1) is 15.5. The van der Waals surface area contributed by atoms with Crippen molar-refractivity contribution >= 4 is 34.8 Å². The van der Waals surface area contributed by atoms with Gasteiger partial charge in [0, 0.05) is 16.3 Å². The maximum absolute atomic E-state index is 11.8. The lowest BCUT2D eigenvalue weighted by molar-refractivity contribution is -0.118. The molecule has 2 rings (SSSR count). The van der Waals surface area contributed by atoms with Gasteiger partial charge >= 0.3 is 0 Å². The Morgan fingerprint density at radius 3 is 2.43 bits per heavy atom.